The molecule has 2 aliphatic rings. The first-order chi connectivity index (χ1) is 10.8. The molecule has 1 aliphatic carbocycles. The van der Waals surface area contributed by atoms with Gasteiger partial charge in [-0.15, -0.1) is 11.3 Å². The number of amides is 1. The first-order valence-electron chi connectivity index (χ1n) is 8.66. The van der Waals surface area contributed by atoms with Crippen molar-refractivity contribution in [1.29, 1.82) is 0 Å². The summed E-state index contributed by atoms with van der Waals surface area (Å²) in [6, 6.07) is 2.14. The van der Waals surface area contributed by atoms with Gasteiger partial charge in [-0.3, -0.25) is 4.79 Å². The fourth-order valence-corrected chi connectivity index (χ4v) is 4.48. The van der Waals surface area contributed by atoms with Crippen molar-refractivity contribution in [2.24, 2.45) is 0 Å². The zero-order chi connectivity index (χ0) is 15.2. The van der Waals surface area contributed by atoms with Crippen LogP contribution in [0.3, 0.4) is 0 Å². The zero-order valence-corrected chi connectivity index (χ0v) is 14.1. The molecule has 0 bridgehead atoms. The van der Waals surface area contributed by atoms with Crippen LogP contribution >= 0.6 is 11.3 Å². The van der Waals surface area contributed by atoms with E-state index in [4.69, 9.17) is 0 Å². The summed E-state index contributed by atoms with van der Waals surface area (Å²) in [6.45, 7) is 6.31. The summed E-state index contributed by atoms with van der Waals surface area (Å²) >= 11 is 1.71. The highest BCUT2D eigenvalue weighted by Crippen LogP contribution is 2.28. The van der Waals surface area contributed by atoms with Crippen molar-refractivity contribution < 1.29 is 4.79 Å². The topological polar surface area (TPSA) is 44.4 Å². The van der Waals surface area contributed by atoms with Gasteiger partial charge in [-0.2, -0.15) is 0 Å². The van der Waals surface area contributed by atoms with E-state index < -0.39 is 0 Å². The molecule has 0 saturated carbocycles. The maximum atomic E-state index is 12.3. The third-order valence-corrected chi connectivity index (χ3v) is 5.85. The Bertz CT molecular complexity index is 471. The fourth-order valence-electron chi connectivity index (χ4n) is 3.31. The summed E-state index contributed by atoms with van der Waals surface area (Å²) in [7, 11) is 0. The molecule has 122 valence electrons. The predicted molar refractivity (Wildman–Crippen MR) is 91.8 cm³/mol. The molecular weight excluding hydrogens is 294 g/mol. The van der Waals surface area contributed by atoms with Crippen molar-refractivity contribution in [3.63, 3.8) is 0 Å². The average Bonchev–Trinajstić information content (AvgIpc) is 2.83. The number of fused-ring (bicyclic) bond motifs is 1. The summed E-state index contributed by atoms with van der Waals surface area (Å²) in [5, 5.41) is 6.46. The molecule has 3 rings (SSSR count). The standard InChI is InChI=1S/C17H27N3OS/c21-17(19-7-4-10-20-11-8-18-9-12-20)16-13-14-5-2-1-3-6-15(14)22-16/h13,18H,1-12H2,(H,19,21). The van der Waals surface area contributed by atoms with Crippen molar-refractivity contribution in [2.45, 2.75) is 38.5 Å². The molecule has 0 spiro atoms. The molecule has 1 amide bonds. The lowest BCUT2D eigenvalue weighted by Crippen LogP contribution is -2.44. The minimum absolute atomic E-state index is 0.124. The molecule has 4 nitrogen and oxygen atoms in total. The smallest absolute Gasteiger partial charge is 0.261 e. The number of carbonyl (C=O) groups is 1. The van der Waals surface area contributed by atoms with Gasteiger partial charge in [0.25, 0.3) is 5.91 Å². The van der Waals surface area contributed by atoms with Crippen molar-refractivity contribution >= 4 is 17.2 Å². The molecule has 22 heavy (non-hydrogen) atoms. The van der Waals surface area contributed by atoms with Gasteiger partial charge in [0, 0.05) is 37.6 Å². The third-order valence-electron chi connectivity index (χ3n) is 4.62. The second kappa shape index (κ2) is 8.09. The molecule has 0 unspecified atom stereocenters. The Morgan fingerprint density at radius 2 is 2.05 bits per heavy atom. The van der Waals surface area contributed by atoms with Crippen molar-refractivity contribution in [2.75, 3.05) is 39.3 Å². The molecule has 0 atom stereocenters. The summed E-state index contributed by atoms with van der Waals surface area (Å²) in [6.07, 6.45) is 7.24. The van der Waals surface area contributed by atoms with Crippen LogP contribution in [0.1, 0.15) is 45.8 Å². The van der Waals surface area contributed by atoms with Crippen molar-refractivity contribution in [3.8, 4) is 0 Å². The van der Waals surface area contributed by atoms with E-state index in [1.807, 2.05) is 0 Å². The van der Waals surface area contributed by atoms with Crippen LogP contribution in [0.4, 0.5) is 0 Å². The van der Waals surface area contributed by atoms with Crippen LogP contribution in [0.15, 0.2) is 6.07 Å². The number of hydrogen-bond acceptors (Lipinski definition) is 4. The lowest BCUT2D eigenvalue weighted by Gasteiger charge is -2.27. The van der Waals surface area contributed by atoms with Crippen molar-refractivity contribution in [3.05, 3.63) is 21.4 Å². The van der Waals surface area contributed by atoms with E-state index in [0.29, 0.717) is 0 Å². The van der Waals surface area contributed by atoms with Gasteiger partial charge in [-0.25, -0.2) is 0 Å². The number of hydrogen-bond donors (Lipinski definition) is 2. The van der Waals surface area contributed by atoms with E-state index in [-0.39, 0.29) is 5.91 Å². The Morgan fingerprint density at radius 3 is 2.91 bits per heavy atom. The number of rotatable bonds is 5. The monoisotopic (exact) mass is 321 g/mol. The number of thiophene rings is 1. The quantitative estimate of drug-likeness (QED) is 0.644. The molecule has 1 aliphatic heterocycles. The first kappa shape index (κ1) is 16.0. The van der Waals surface area contributed by atoms with Gasteiger partial charge in [-0.1, -0.05) is 6.42 Å². The summed E-state index contributed by atoms with van der Waals surface area (Å²) in [4.78, 5) is 17.1. The molecule has 0 aromatic carbocycles. The molecule has 0 radical (unpaired) electrons. The fraction of sp³-hybridized carbons (Fsp3) is 0.706. The van der Waals surface area contributed by atoms with Gasteiger partial charge in [-0.05, 0) is 50.3 Å². The Balaban J connectivity index is 1.42. The first-order valence-corrected chi connectivity index (χ1v) is 9.47. The van der Waals surface area contributed by atoms with Crippen LogP contribution < -0.4 is 10.6 Å². The highest BCUT2D eigenvalue weighted by molar-refractivity contribution is 7.14. The Kier molecular flexibility index (Phi) is 5.87. The highest BCUT2D eigenvalue weighted by atomic mass is 32.1. The Hall–Kier alpha value is -0.910. The number of aryl methyl sites for hydroxylation is 2. The molecule has 2 N–H and O–H groups in total. The molecule has 1 saturated heterocycles. The van der Waals surface area contributed by atoms with Gasteiger partial charge >= 0.3 is 0 Å². The van der Waals surface area contributed by atoms with Crippen LogP contribution in [0.25, 0.3) is 0 Å². The minimum Gasteiger partial charge on any atom is -0.351 e. The van der Waals surface area contributed by atoms with Crippen LogP contribution in [0, 0.1) is 0 Å². The van der Waals surface area contributed by atoms with Crippen LogP contribution in [-0.4, -0.2) is 50.1 Å². The van der Waals surface area contributed by atoms with E-state index in [1.165, 1.54) is 29.7 Å². The lowest BCUT2D eigenvalue weighted by molar-refractivity contribution is 0.0955. The van der Waals surface area contributed by atoms with E-state index in [0.717, 1.165) is 63.4 Å². The van der Waals surface area contributed by atoms with E-state index in [2.05, 4.69) is 21.6 Å². The number of piperazine rings is 1. The summed E-state index contributed by atoms with van der Waals surface area (Å²) < 4.78 is 0. The molecular formula is C17H27N3OS. The molecule has 2 heterocycles. The number of nitrogens with zero attached hydrogens (tertiary/aromatic N) is 1. The minimum atomic E-state index is 0.124. The van der Waals surface area contributed by atoms with E-state index >= 15 is 0 Å². The SMILES string of the molecule is O=C(NCCCN1CCNCC1)c1cc2c(s1)CCCCC2. The second-order valence-corrected chi connectivity index (χ2v) is 7.46. The Labute approximate surface area is 137 Å². The van der Waals surface area contributed by atoms with Gasteiger partial charge in [0.2, 0.25) is 0 Å². The molecule has 1 aromatic rings. The largest absolute Gasteiger partial charge is 0.351 e. The highest BCUT2D eigenvalue weighted by Gasteiger charge is 2.16. The predicted octanol–water partition coefficient (Wildman–Crippen LogP) is 2.04. The average molecular weight is 321 g/mol. The van der Waals surface area contributed by atoms with Gasteiger partial charge in [0.15, 0.2) is 0 Å². The normalized spacial score (nSPS) is 19.5. The van der Waals surface area contributed by atoms with Crippen LogP contribution in [0.2, 0.25) is 0 Å². The zero-order valence-electron chi connectivity index (χ0n) is 13.3. The molecule has 1 fully saturated rings. The number of carbonyl (C=O) groups excluding carboxylic acids is 1. The molecule has 1 aromatic heterocycles. The van der Waals surface area contributed by atoms with Gasteiger partial charge in [0.05, 0.1) is 4.88 Å². The van der Waals surface area contributed by atoms with E-state index in [1.54, 1.807) is 11.3 Å². The summed E-state index contributed by atoms with van der Waals surface area (Å²) in [5.41, 5.74) is 1.42. The van der Waals surface area contributed by atoms with Crippen LogP contribution in [0.5, 0.6) is 0 Å². The van der Waals surface area contributed by atoms with Gasteiger partial charge < -0.3 is 15.5 Å². The molecule has 5 heteroatoms. The maximum absolute atomic E-state index is 12.3. The lowest BCUT2D eigenvalue weighted by atomic mass is 10.1. The van der Waals surface area contributed by atoms with E-state index in [9.17, 15) is 4.79 Å². The number of nitrogens with one attached hydrogen (secondary N) is 2. The summed E-state index contributed by atoms with van der Waals surface area (Å²) in [5.74, 6) is 0.124. The maximum Gasteiger partial charge on any atom is 0.261 e. The third kappa shape index (κ3) is 4.31. The Morgan fingerprint density at radius 1 is 1.23 bits per heavy atom. The van der Waals surface area contributed by atoms with Gasteiger partial charge in [0.1, 0.15) is 0 Å². The van der Waals surface area contributed by atoms with Crippen molar-refractivity contribution in [1.82, 2.24) is 15.5 Å². The second-order valence-electron chi connectivity index (χ2n) is 6.32. The van der Waals surface area contributed by atoms with Crippen LogP contribution in [-0.2, 0) is 12.8 Å².